The Kier molecular flexibility index (Phi) is 2.72. The maximum atomic E-state index is 9.31. The predicted octanol–water partition coefficient (Wildman–Crippen LogP) is 3.67. The zero-order chi connectivity index (χ0) is 14.2. The van der Waals surface area contributed by atoms with Crippen molar-refractivity contribution in [2.45, 2.75) is 6.61 Å². The van der Waals surface area contributed by atoms with Crippen LogP contribution >= 0.6 is 0 Å². The molecule has 0 aliphatic carbocycles. The van der Waals surface area contributed by atoms with Crippen molar-refractivity contribution >= 4 is 21.8 Å². The van der Waals surface area contributed by atoms with E-state index >= 15 is 0 Å². The van der Waals surface area contributed by atoms with Gasteiger partial charge in [-0.05, 0) is 24.3 Å². The summed E-state index contributed by atoms with van der Waals surface area (Å²) in [5, 5.41) is 11.7. The van der Waals surface area contributed by atoms with Crippen molar-refractivity contribution in [2.24, 2.45) is 0 Å². The first-order valence-electron chi connectivity index (χ1n) is 6.94. The van der Waals surface area contributed by atoms with Crippen LogP contribution in [0.5, 0.6) is 0 Å². The number of hydrogen-bond acceptors (Lipinski definition) is 2. The highest BCUT2D eigenvalue weighted by molar-refractivity contribution is 6.09. The van der Waals surface area contributed by atoms with Gasteiger partial charge < -0.3 is 5.11 Å². The largest absolute Gasteiger partial charge is 0.390 e. The molecule has 0 amide bonds. The molecule has 0 atom stereocenters. The van der Waals surface area contributed by atoms with Crippen molar-refractivity contribution in [3.05, 3.63) is 72.4 Å². The van der Waals surface area contributed by atoms with Crippen molar-refractivity contribution in [1.82, 2.24) is 9.55 Å². The van der Waals surface area contributed by atoms with Crippen molar-refractivity contribution in [3.8, 4) is 5.82 Å². The van der Waals surface area contributed by atoms with E-state index in [0.29, 0.717) is 5.69 Å². The molecule has 0 spiro atoms. The summed E-state index contributed by atoms with van der Waals surface area (Å²) in [5.41, 5.74) is 2.93. The van der Waals surface area contributed by atoms with Gasteiger partial charge in [0.05, 0.1) is 23.3 Å². The van der Waals surface area contributed by atoms with Crippen LogP contribution < -0.4 is 0 Å². The number of pyridine rings is 1. The third-order valence-electron chi connectivity index (χ3n) is 3.76. The predicted molar refractivity (Wildman–Crippen MR) is 84.5 cm³/mol. The minimum atomic E-state index is -0.0506. The van der Waals surface area contributed by atoms with E-state index in [4.69, 9.17) is 0 Å². The first kappa shape index (κ1) is 12.1. The molecular weight excluding hydrogens is 260 g/mol. The highest BCUT2D eigenvalue weighted by Crippen LogP contribution is 2.30. The van der Waals surface area contributed by atoms with Crippen LogP contribution in [0.2, 0.25) is 0 Å². The molecule has 1 N–H and O–H groups in total. The first-order valence-corrected chi connectivity index (χ1v) is 6.94. The molecule has 0 aliphatic heterocycles. The van der Waals surface area contributed by atoms with E-state index in [9.17, 15) is 5.11 Å². The van der Waals surface area contributed by atoms with Crippen LogP contribution in [-0.4, -0.2) is 14.7 Å². The molecule has 2 heterocycles. The molecule has 3 nitrogen and oxygen atoms in total. The number of rotatable bonds is 2. The molecule has 4 aromatic rings. The fourth-order valence-corrected chi connectivity index (χ4v) is 2.85. The van der Waals surface area contributed by atoms with Gasteiger partial charge in [-0.3, -0.25) is 4.57 Å². The standard InChI is InChI=1S/C18H14N2O/c21-12-13-6-5-11-18(19-13)20-16-9-3-1-7-14(16)15-8-2-4-10-17(15)20/h1-11,21H,12H2. The topological polar surface area (TPSA) is 38.0 Å². The Morgan fingerprint density at radius 1 is 0.762 bits per heavy atom. The molecule has 2 aromatic heterocycles. The number of hydrogen-bond donors (Lipinski definition) is 1. The highest BCUT2D eigenvalue weighted by atomic mass is 16.3. The van der Waals surface area contributed by atoms with Gasteiger partial charge in [-0.25, -0.2) is 4.98 Å². The average Bonchev–Trinajstić information content (AvgIpc) is 2.89. The molecule has 0 aliphatic rings. The Labute approximate surface area is 122 Å². The average molecular weight is 274 g/mol. The van der Waals surface area contributed by atoms with Gasteiger partial charge in [0, 0.05) is 10.8 Å². The summed E-state index contributed by atoms with van der Waals surface area (Å²) < 4.78 is 2.14. The minimum Gasteiger partial charge on any atom is -0.390 e. The lowest BCUT2D eigenvalue weighted by Gasteiger charge is -2.07. The van der Waals surface area contributed by atoms with Gasteiger partial charge in [-0.2, -0.15) is 0 Å². The van der Waals surface area contributed by atoms with Gasteiger partial charge >= 0.3 is 0 Å². The number of nitrogens with zero attached hydrogens (tertiary/aromatic N) is 2. The summed E-state index contributed by atoms with van der Waals surface area (Å²) in [4.78, 5) is 4.55. The molecule has 0 saturated heterocycles. The highest BCUT2D eigenvalue weighted by Gasteiger charge is 2.11. The number of para-hydroxylation sites is 2. The van der Waals surface area contributed by atoms with E-state index in [1.807, 2.05) is 30.3 Å². The molecule has 4 rings (SSSR count). The fraction of sp³-hybridized carbons (Fsp3) is 0.0556. The van der Waals surface area contributed by atoms with Gasteiger partial charge in [-0.1, -0.05) is 42.5 Å². The van der Waals surface area contributed by atoms with Gasteiger partial charge in [0.15, 0.2) is 0 Å². The Balaban J connectivity index is 2.14. The summed E-state index contributed by atoms with van der Waals surface area (Å²) in [6.45, 7) is -0.0506. The van der Waals surface area contributed by atoms with Gasteiger partial charge in [-0.15, -0.1) is 0 Å². The van der Waals surface area contributed by atoms with E-state index in [0.717, 1.165) is 16.9 Å². The van der Waals surface area contributed by atoms with E-state index in [1.165, 1.54) is 10.8 Å². The second kappa shape index (κ2) is 4.72. The monoisotopic (exact) mass is 274 g/mol. The maximum Gasteiger partial charge on any atom is 0.137 e. The van der Waals surface area contributed by atoms with E-state index in [-0.39, 0.29) is 6.61 Å². The van der Waals surface area contributed by atoms with Crippen molar-refractivity contribution in [1.29, 1.82) is 0 Å². The minimum absolute atomic E-state index is 0.0506. The third kappa shape index (κ3) is 1.82. The summed E-state index contributed by atoms with van der Waals surface area (Å²) in [6, 6.07) is 22.4. The van der Waals surface area contributed by atoms with Crippen molar-refractivity contribution < 1.29 is 5.11 Å². The number of aliphatic hydroxyl groups excluding tert-OH is 1. The van der Waals surface area contributed by atoms with Crippen LogP contribution in [0, 0.1) is 0 Å². The summed E-state index contributed by atoms with van der Waals surface area (Å²) >= 11 is 0. The molecule has 0 unspecified atom stereocenters. The number of fused-ring (bicyclic) bond motifs is 3. The van der Waals surface area contributed by atoms with Gasteiger partial charge in [0.25, 0.3) is 0 Å². The van der Waals surface area contributed by atoms with Crippen molar-refractivity contribution in [3.63, 3.8) is 0 Å². The van der Waals surface area contributed by atoms with E-state index in [2.05, 4.69) is 45.9 Å². The molecule has 0 saturated carbocycles. The normalized spacial score (nSPS) is 11.3. The molecule has 0 bridgehead atoms. The molecule has 2 aromatic carbocycles. The molecule has 0 fully saturated rings. The lowest BCUT2D eigenvalue weighted by Crippen LogP contribution is -1.99. The van der Waals surface area contributed by atoms with E-state index < -0.39 is 0 Å². The number of aliphatic hydroxyl groups is 1. The zero-order valence-electron chi connectivity index (χ0n) is 11.4. The van der Waals surface area contributed by atoms with Crippen LogP contribution in [0.25, 0.3) is 27.6 Å². The van der Waals surface area contributed by atoms with Crippen LogP contribution in [0.15, 0.2) is 66.7 Å². The molecule has 0 radical (unpaired) electrons. The molecular formula is C18H14N2O. The van der Waals surface area contributed by atoms with Crippen LogP contribution in [0.4, 0.5) is 0 Å². The first-order chi connectivity index (χ1) is 10.4. The quantitative estimate of drug-likeness (QED) is 0.605. The zero-order valence-corrected chi connectivity index (χ0v) is 11.4. The second-order valence-electron chi connectivity index (χ2n) is 5.01. The lowest BCUT2D eigenvalue weighted by atomic mass is 10.2. The summed E-state index contributed by atoms with van der Waals surface area (Å²) in [7, 11) is 0. The maximum absolute atomic E-state index is 9.31. The van der Waals surface area contributed by atoms with Gasteiger partial charge in [0.1, 0.15) is 5.82 Å². The summed E-state index contributed by atoms with van der Waals surface area (Å²) in [6.07, 6.45) is 0. The SMILES string of the molecule is OCc1cccc(-n2c3ccccc3c3ccccc32)n1. The third-order valence-corrected chi connectivity index (χ3v) is 3.76. The summed E-state index contributed by atoms with van der Waals surface area (Å²) in [5.74, 6) is 0.832. The number of benzene rings is 2. The Morgan fingerprint density at radius 2 is 1.38 bits per heavy atom. The van der Waals surface area contributed by atoms with Crippen LogP contribution in [-0.2, 0) is 6.61 Å². The van der Waals surface area contributed by atoms with Gasteiger partial charge in [0.2, 0.25) is 0 Å². The number of aromatic nitrogens is 2. The molecule has 102 valence electrons. The Morgan fingerprint density at radius 3 is 2.00 bits per heavy atom. The lowest BCUT2D eigenvalue weighted by molar-refractivity contribution is 0.277. The van der Waals surface area contributed by atoms with Crippen LogP contribution in [0.3, 0.4) is 0 Å². The second-order valence-corrected chi connectivity index (χ2v) is 5.01. The van der Waals surface area contributed by atoms with Crippen LogP contribution in [0.1, 0.15) is 5.69 Å². The Hall–Kier alpha value is -2.65. The van der Waals surface area contributed by atoms with Crippen molar-refractivity contribution in [2.75, 3.05) is 0 Å². The Bertz CT molecular complexity index is 887. The molecule has 3 heteroatoms. The molecule has 21 heavy (non-hydrogen) atoms. The fourth-order valence-electron chi connectivity index (χ4n) is 2.85. The van der Waals surface area contributed by atoms with E-state index in [1.54, 1.807) is 0 Å². The smallest absolute Gasteiger partial charge is 0.137 e.